The predicted molar refractivity (Wildman–Crippen MR) is 51.7 cm³/mol. The van der Waals surface area contributed by atoms with E-state index in [-0.39, 0.29) is 0 Å². The van der Waals surface area contributed by atoms with Gasteiger partial charge in [-0.15, -0.1) is 0 Å². The van der Waals surface area contributed by atoms with Crippen molar-refractivity contribution in [1.29, 1.82) is 0 Å². The Labute approximate surface area is 76.4 Å². The van der Waals surface area contributed by atoms with Gasteiger partial charge in [0.2, 0.25) is 0 Å². The number of hydrogen-bond donors (Lipinski definition) is 0. The van der Waals surface area contributed by atoms with Gasteiger partial charge in [-0.1, -0.05) is 6.07 Å². The zero-order valence-electron chi connectivity index (χ0n) is 7.04. The Morgan fingerprint density at radius 2 is 2.08 bits per heavy atom. The Kier molecular flexibility index (Phi) is 2.18. The molecular weight excluding hydrogens is 162 g/mol. The number of nitrogens with zero attached hydrogens (tertiary/aromatic N) is 3. The highest BCUT2D eigenvalue weighted by Crippen LogP contribution is 1.93. The molecule has 2 aromatic rings. The molecule has 0 radical (unpaired) electrons. The summed E-state index contributed by atoms with van der Waals surface area (Å²) in [5.74, 6) is 0. The molecule has 0 aromatic carbocycles. The maximum atomic E-state index is 4.19. The molecule has 0 aliphatic heterocycles. The molecule has 0 saturated heterocycles. The second-order valence-electron chi connectivity index (χ2n) is 2.59. The van der Waals surface area contributed by atoms with Crippen LogP contribution in [0, 0.1) is 0 Å². The van der Waals surface area contributed by atoms with Crippen molar-refractivity contribution >= 4 is 6.21 Å². The maximum absolute atomic E-state index is 4.19. The summed E-state index contributed by atoms with van der Waals surface area (Å²) in [5, 5.41) is 4.19. The quantitative estimate of drug-likeness (QED) is 0.633. The molecule has 64 valence electrons. The van der Waals surface area contributed by atoms with Gasteiger partial charge in [0.05, 0.1) is 6.21 Å². The second kappa shape index (κ2) is 3.67. The van der Waals surface area contributed by atoms with E-state index in [0.29, 0.717) is 0 Å². The van der Waals surface area contributed by atoms with Crippen LogP contribution in [0.25, 0.3) is 0 Å². The Hall–Kier alpha value is -1.90. The van der Waals surface area contributed by atoms with Gasteiger partial charge in [0.1, 0.15) is 0 Å². The van der Waals surface area contributed by atoms with Crippen molar-refractivity contribution in [3.63, 3.8) is 0 Å². The molecule has 0 atom stereocenters. The van der Waals surface area contributed by atoms with Crippen LogP contribution in [-0.4, -0.2) is 15.9 Å². The third kappa shape index (κ3) is 2.02. The molecule has 0 aliphatic carbocycles. The molecule has 0 amide bonds. The zero-order valence-corrected chi connectivity index (χ0v) is 7.04. The third-order valence-electron chi connectivity index (χ3n) is 1.61. The van der Waals surface area contributed by atoms with Crippen molar-refractivity contribution in [3.05, 3.63) is 54.6 Å². The Morgan fingerprint density at radius 3 is 2.77 bits per heavy atom. The van der Waals surface area contributed by atoms with Crippen LogP contribution in [0.5, 0.6) is 0 Å². The summed E-state index contributed by atoms with van der Waals surface area (Å²) in [6, 6.07) is 7.71. The molecule has 0 spiro atoms. The molecule has 0 saturated carbocycles. The van der Waals surface area contributed by atoms with Crippen molar-refractivity contribution in [3.8, 4) is 0 Å². The van der Waals surface area contributed by atoms with Gasteiger partial charge in [-0.2, -0.15) is 5.10 Å². The average molecular weight is 171 g/mol. The van der Waals surface area contributed by atoms with Crippen LogP contribution >= 0.6 is 0 Å². The van der Waals surface area contributed by atoms with Crippen LogP contribution in [0.4, 0.5) is 0 Å². The minimum atomic E-state index is 0.996. The Bertz CT molecular complexity index is 376. The van der Waals surface area contributed by atoms with Crippen molar-refractivity contribution in [2.45, 2.75) is 0 Å². The second-order valence-corrected chi connectivity index (χ2v) is 2.59. The van der Waals surface area contributed by atoms with Crippen molar-refractivity contribution < 1.29 is 0 Å². The van der Waals surface area contributed by atoms with Gasteiger partial charge in [0.25, 0.3) is 0 Å². The van der Waals surface area contributed by atoms with Crippen LogP contribution in [0.15, 0.2) is 54.2 Å². The van der Waals surface area contributed by atoms with E-state index in [9.17, 15) is 0 Å². The minimum absolute atomic E-state index is 0.996. The highest BCUT2D eigenvalue weighted by molar-refractivity contribution is 5.78. The summed E-state index contributed by atoms with van der Waals surface area (Å²) < 4.78 is 1.74. The van der Waals surface area contributed by atoms with Gasteiger partial charge in [0, 0.05) is 30.4 Å². The number of aromatic nitrogens is 2. The number of pyridine rings is 1. The highest BCUT2D eigenvalue weighted by atomic mass is 15.3. The monoisotopic (exact) mass is 171 g/mol. The SMILES string of the molecule is C(=N\n1cccc1)/c1cccnc1. The molecule has 3 nitrogen and oxygen atoms in total. The molecule has 0 fully saturated rings. The lowest BCUT2D eigenvalue weighted by atomic mass is 10.3. The van der Waals surface area contributed by atoms with Gasteiger partial charge < -0.3 is 0 Å². The van der Waals surface area contributed by atoms with Crippen LogP contribution in [-0.2, 0) is 0 Å². The first-order valence-corrected chi connectivity index (χ1v) is 4.02. The Morgan fingerprint density at radius 1 is 1.23 bits per heavy atom. The summed E-state index contributed by atoms with van der Waals surface area (Å²) in [7, 11) is 0. The number of rotatable bonds is 2. The molecule has 0 bridgehead atoms. The van der Waals surface area contributed by atoms with E-state index in [1.807, 2.05) is 36.7 Å². The van der Waals surface area contributed by atoms with Crippen LogP contribution in [0.3, 0.4) is 0 Å². The zero-order chi connectivity index (χ0) is 8.93. The van der Waals surface area contributed by atoms with Crippen LogP contribution in [0.1, 0.15) is 5.56 Å². The summed E-state index contributed by atoms with van der Waals surface area (Å²) in [5.41, 5.74) is 0.996. The summed E-state index contributed by atoms with van der Waals surface area (Å²) in [4.78, 5) is 3.98. The summed E-state index contributed by atoms with van der Waals surface area (Å²) >= 11 is 0. The largest absolute Gasteiger partial charge is 0.264 e. The van der Waals surface area contributed by atoms with E-state index in [1.54, 1.807) is 23.3 Å². The smallest absolute Gasteiger partial charge is 0.0566 e. The lowest BCUT2D eigenvalue weighted by molar-refractivity contribution is 0.894. The highest BCUT2D eigenvalue weighted by Gasteiger charge is 1.84. The van der Waals surface area contributed by atoms with E-state index in [2.05, 4.69) is 10.1 Å². The van der Waals surface area contributed by atoms with Gasteiger partial charge in [-0.05, 0) is 18.2 Å². The fourth-order valence-electron chi connectivity index (χ4n) is 0.988. The Balaban J connectivity index is 2.15. The topological polar surface area (TPSA) is 30.2 Å². The first-order chi connectivity index (χ1) is 6.45. The van der Waals surface area contributed by atoms with Crippen molar-refractivity contribution in [2.24, 2.45) is 5.10 Å². The standard InChI is InChI=1S/C10H9N3/c1-2-7-13(6-1)12-9-10-4-3-5-11-8-10/h1-9H/b12-9+. The third-order valence-corrected chi connectivity index (χ3v) is 1.61. The first kappa shape index (κ1) is 7.73. The molecule has 13 heavy (non-hydrogen) atoms. The molecule has 2 rings (SSSR count). The van der Waals surface area contributed by atoms with E-state index >= 15 is 0 Å². The van der Waals surface area contributed by atoms with E-state index in [4.69, 9.17) is 0 Å². The van der Waals surface area contributed by atoms with E-state index in [0.717, 1.165) is 5.56 Å². The summed E-state index contributed by atoms with van der Waals surface area (Å²) in [6.45, 7) is 0. The fraction of sp³-hybridized carbons (Fsp3) is 0. The maximum Gasteiger partial charge on any atom is 0.0566 e. The summed E-state index contributed by atoms with van der Waals surface area (Å²) in [6.07, 6.45) is 9.05. The molecule has 0 N–H and O–H groups in total. The molecule has 2 heterocycles. The molecule has 0 unspecified atom stereocenters. The normalized spacial score (nSPS) is 10.8. The van der Waals surface area contributed by atoms with E-state index in [1.165, 1.54) is 0 Å². The van der Waals surface area contributed by atoms with Gasteiger partial charge in [-0.3, -0.25) is 4.98 Å². The van der Waals surface area contributed by atoms with Gasteiger partial charge in [-0.25, -0.2) is 4.68 Å². The lowest BCUT2D eigenvalue weighted by Gasteiger charge is -1.91. The van der Waals surface area contributed by atoms with Gasteiger partial charge >= 0.3 is 0 Å². The first-order valence-electron chi connectivity index (χ1n) is 4.02. The van der Waals surface area contributed by atoms with Crippen LogP contribution < -0.4 is 0 Å². The molecular formula is C10H9N3. The van der Waals surface area contributed by atoms with Crippen LogP contribution in [0.2, 0.25) is 0 Å². The van der Waals surface area contributed by atoms with E-state index < -0.39 is 0 Å². The van der Waals surface area contributed by atoms with Gasteiger partial charge in [0.15, 0.2) is 0 Å². The average Bonchev–Trinajstić information content (AvgIpc) is 2.69. The lowest BCUT2D eigenvalue weighted by Crippen LogP contribution is -1.86. The predicted octanol–water partition coefficient (Wildman–Crippen LogP) is 1.77. The van der Waals surface area contributed by atoms with Crippen molar-refractivity contribution in [2.75, 3.05) is 0 Å². The molecule has 0 aliphatic rings. The minimum Gasteiger partial charge on any atom is -0.264 e. The number of hydrogen-bond acceptors (Lipinski definition) is 2. The molecule has 2 aromatic heterocycles. The fourth-order valence-corrected chi connectivity index (χ4v) is 0.988. The molecule has 3 heteroatoms. The van der Waals surface area contributed by atoms with Crippen molar-refractivity contribution in [1.82, 2.24) is 9.66 Å².